The van der Waals surface area contributed by atoms with Crippen LogP contribution in [-0.2, 0) is 0 Å². The van der Waals surface area contributed by atoms with Crippen LogP contribution in [0.2, 0.25) is 0 Å². The molecule has 0 aliphatic heterocycles. The molecule has 1 aliphatic rings. The highest BCUT2D eigenvalue weighted by atomic mass is 79.9. The number of allylic oxidation sites excluding steroid dienone is 1. The highest BCUT2D eigenvalue weighted by molar-refractivity contribution is 9.10. The number of hydrogen-bond acceptors (Lipinski definition) is 2. The van der Waals surface area contributed by atoms with Gasteiger partial charge in [0.15, 0.2) is 5.78 Å². The molecule has 2 nitrogen and oxygen atoms in total. The normalized spacial score (nSPS) is 14.6. The van der Waals surface area contributed by atoms with Crippen molar-refractivity contribution < 1.29 is 4.79 Å². The minimum absolute atomic E-state index is 0.0915. The lowest BCUT2D eigenvalue weighted by molar-refractivity contribution is 0.0989. The third-order valence-corrected chi connectivity index (χ3v) is 2.20. The van der Waals surface area contributed by atoms with Gasteiger partial charge in [-0.1, -0.05) is 18.2 Å². The second-order valence-electron chi connectivity index (χ2n) is 2.60. The molecule has 0 fully saturated rings. The Hall–Kier alpha value is -0.960. The number of carbonyl (C=O) groups is 1. The van der Waals surface area contributed by atoms with Gasteiger partial charge in [0.25, 0.3) is 0 Å². The minimum Gasteiger partial charge on any atom is -0.292 e. The van der Waals surface area contributed by atoms with Crippen molar-refractivity contribution in [1.82, 2.24) is 4.98 Å². The molecule has 2 rings (SSSR count). The number of rotatable bonds is 0. The fourth-order valence-electron chi connectivity index (χ4n) is 1.19. The zero-order chi connectivity index (χ0) is 8.55. The van der Waals surface area contributed by atoms with Crippen LogP contribution in [-0.4, -0.2) is 10.8 Å². The number of carbonyl (C=O) groups excluding carboxylic acids is 1. The van der Waals surface area contributed by atoms with Crippen molar-refractivity contribution in [2.75, 3.05) is 0 Å². The minimum atomic E-state index is 0.0915. The summed E-state index contributed by atoms with van der Waals surface area (Å²) in [5, 5.41) is 0. The Kier molecular flexibility index (Phi) is 1.81. The molecule has 1 heterocycles. The van der Waals surface area contributed by atoms with Gasteiger partial charge in [-0.2, -0.15) is 0 Å². The van der Waals surface area contributed by atoms with Crippen molar-refractivity contribution in [3.63, 3.8) is 0 Å². The molecule has 0 aromatic carbocycles. The lowest BCUT2D eigenvalue weighted by Crippen LogP contribution is -2.06. The highest BCUT2D eigenvalue weighted by Gasteiger charge is 2.14. The number of halogens is 1. The van der Waals surface area contributed by atoms with Crippen LogP contribution in [0.25, 0.3) is 6.08 Å². The molecule has 0 unspecified atom stereocenters. The van der Waals surface area contributed by atoms with Crippen LogP contribution < -0.4 is 0 Å². The summed E-state index contributed by atoms with van der Waals surface area (Å²) in [6, 6.07) is 3.72. The molecule has 0 bridgehead atoms. The quantitative estimate of drug-likeness (QED) is 0.633. The first kappa shape index (κ1) is 7.68. The fourth-order valence-corrected chi connectivity index (χ4v) is 1.50. The van der Waals surface area contributed by atoms with Crippen molar-refractivity contribution in [3.05, 3.63) is 34.1 Å². The van der Waals surface area contributed by atoms with Crippen molar-refractivity contribution in [1.29, 1.82) is 0 Å². The third kappa shape index (κ3) is 1.20. The summed E-state index contributed by atoms with van der Waals surface area (Å²) >= 11 is 3.23. The molecule has 3 heteroatoms. The second-order valence-corrected chi connectivity index (χ2v) is 3.41. The first-order valence-electron chi connectivity index (χ1n) is 3.63. The van der Waals surface area contributed by atoms with E-state index < -0.39 is 0 Å². The smallest absolute Gasteiger partial charge is 0.185 e. The van der Waals surface area contributed by atoms with Gasteiger partial charge >= 0.3 is 0 Å². The summed E-state index contributed by atoms with van der Waals surface area (Å²) in [6.07, 6.45) is 4.26. The van der Waals surface area contributed by atoms with Gasteiger partial charge in [-0.15, -0.1) is 0 Å². The monoisotopic (exact) mass is 223 g/mol. The molecule has 0 saturated carbocycles. The lowest BCUT2D eigenvalue weighted by Gasteiger charge is -2.07. The number of hydrogen-bond donors (Lipinski definition) is 0. The van der Waals surface area contributed by atoms with Gasteiger partial charge in [-0.3, -0.25) is 4.79 Å². The number of aromatic nitrogens is 1. The summed E-state index contributed by atoms with van der Waals surface area (Å²) < 4.78 is 0.713. The summed E-state index contributed by atoms with van der Waals surface area (Å²) in [5.74, 6) is 0.0915. The van der Waals surface area contributed by atoms with Gasteiger partial charge in [0.2, 0.25) is 0 Å². The van der Waals surface area contributed by atoms with E-state index in [4.69, 9.17) is 0 Å². The predicted molar refractivity (Wildman–Crippen MR) is 49.9 cm³/mol. The number of nitrogens with zero attached hydrogens (tertiary/aromatic N) is 1. The Labute approximate surface area is 78.4 Å². The average Bonchev–Trinajstić information content (AvgIpc) is 2.07. The number of Topliss-reactive ketones (excluding diaryl/α,β-unsaturated/α-hetero) is 1. The van der Waals surface area contributed by atoms with E-state index in [9.17, 15) is 4.79 Å². The molecule has 1 aliphatic carbocycles. The van der Waals surface area contributed by atoms with E-state index in [1.165, 1.54) is 0 Å². The maximum atomic E-state index is 11.3. The average molecular weight is 224 g/mol. The summed E-state index contributed by atoms with van der Waals surface area (Å²) in [7, 11) is 0. The molecular formula is C9H6BrNO. The number of ketones is 1. The third-order valence-electron chi connectivity index (χ3n) is 1.76. The maximum Gasteiger partial charge on any atom is 0.185 e. The molecule has 0 radical (unpaired) electrons. The second kappa shape index (κ2) is 2.83. The van der Waals surface area contributed by atoms with E-state index in [0.717, 1.165) is 5.56 Å². The van der Waals surface area contributed by atoms with Crippen LogP contribution >= 0.6 is 15.9 Å². The highest BCUT2D eigenvalue weighted by Crippen LogP contribution is 2.19. The van der Waals surface area contributed by atoms with Gasteiger partial charge in [0.1, 0.15) is 10.3 Å². The van der Waals surface area contributed by atoms with Crippen molar-refractivity contribution in [3.8, 4) is 0 Å². The van der Waals surface area contributed by atoms with Gasteiger partial charge in [-0.25, -0.2) is 4.98 Å². The van der Waals surface area contributed by atoms with Gasteiger partial charge < -0.3 is 0 Å². The van der Waals surface area contributed by atoms with Crippen LogP contribution in [0.5, 0.6) is 0 Å². The first-order chi connectivity index (χ1) is 5.77. The Morgan fingerprint density at radius 2 is 2.25 bits per heavy atom. The number of pyridine rings is 1. The molecule has 0 amide bonds. The first-order valence-corrected chi connectivity index (χ1v) is 4.43. The van der Waals surface area contributed by atoms with E-state index in [0.29, 0.717) is 16.7 Å². The van der Waals surface area contributed by atoms with Crippen molar-refractivity contribution >= 4 is 27.8 Å². The Morgan fingerprint density at radius 1 is 1.42 bits per heavy atom. The molecular weight excluding hydrogens is 218 g/mol. The SMILES string of the molecule is O=C1CC=Cc2ccc(Br)nc21. The molecule has 1 aromatic rings. The largest absolute Gasteiger partial charge is 0.292 e. The number of fused-ring (bicyclic) bond motifs is 1. The van der Waals surface area contributed by atoms with Crippen molar-refractivity contribution in [2.45, 2.75) is 6.42 Å². The van der Waals surface area contributed by atoms with Crippen LogP contribution in [0.4, 0.5) is 0 Å². The van der Waals surface area contributed by atoms with Gasteiger partial charge in [-0.05, 0) is 22.0 Å². The maximum absolute atomic E-state index is 11.3. The summed E-state index contributed by atoms with van der Waals surface area (Å²) in [6.45, 7) is 0. The molecule has 0 N–H and O–H groups in total. The van der Waals surface area contributed by atoms with Crippen molar-refractivity contribution in [2.24, 2.45) is 0 Å². The summed E-state index contributed by atoms with van der Waals surface area (Å²) in [4.78, 5) is 15.4. The molecule has 12 heavy (non-hydrogen) atoms. The zero-order valence-corrected chi connectivity index (χ0v) is 7.84. The Morgan fingerprint density at radius 3 is 3.08 bits per heavy atom. The Bertz CT molecular complexity index is 371. The van der Waals surface area contributed by atoms with E-state index in [2.05, 4.69) is 20.9 Å². The van der Waals surface area contributed by atoms with Crippen LogP contribution in [0.1, 0.15) is 22.5 Å². The van der Waals surface area contributed by atoms with Gasteiger partial charge in [0.05, 0.1) is 0 Å². The molecule has 0 spiro atoms. The summed E-state index contributed by atoms with van der Waals surface area (Å²) in [5.41, 5.74) is 1.49. The molecule has 0 saturated heterocycles. The predicted octanol–water partition coefficient (Wildman–Crippen LogP) is 2.44. The van der Waals surface area contributed by atoms with Gasteiger partial charge in [0, 0.05) is 12.0 Å². The van der Waals surface area contributed by atoms with E-state index in [1.807, 2.05) is 24.3 Å². The standard InChI is InChI=1S/C9H6BrNO/c10-8-5-4-6-2-1-3-7(12)9(6)11-8/h1-2,4-5H,3H2. The topological polar surface area (TPSA) is 30.0 Å². The van der Waals surface area contributed by atoms with Crippen LogP contribution in [0.3, 0.4) is 0 Å². The lowest BCUT2D eigenvalue weighted by atomic mass is 10.0. The zero-order valence-electron chi connectivity index (χ0n) is 6.25. The molecule has 0 atom stereocenters. The molecule has 60 valence electrons. The van der Waals surface area contributed by atoms with E-state index in [1.54, 1.807) is 0 Å². The van der Waals surface area contributed by atoms with E-state index in [-0.39, 0.29) is 5.78 Å². The van der Waals surface area contributed by atoms with Crippen LogP contribution in [0.15, 0.2) is 22.8 Å². The van der Waals surface area contributed by atoms with E-state index >= 15 is 0 Å². The molecule has 1 aromatic heterocycles. The fraction of sp³-hybridized carbons (Fsp3) is 0.111. The van der Waals surface area contributed by atoms with Crippen LogP contribution in [0, 0.1) is 0 Å². The Balaban J connectivity index is 2.63.